The number of ether oxygens (including phenoxy) is 1. The number of rotatable bonds is 7. The van der Waals surface area contributed by atoms with Gasteiger partial charge in [0.15, 0.2) is 0 Å². The van der Waals surface area contributed by atoms with Gasteiger partial charge in [0.25, 0.3) is 17.5 Å². The van der Waals surface area contributed by atoms with Crippen molar-refractivity contribution >= 4 is 23.4 Å². The summed E-state index contributed by atoms with van der Waals surface area (Å²) >= 11 is 0. The molecule has 11 heteroatoms. The molecule has 0 radical (unpaired) electrons. The predicted octanol–water partition coefficient (Wildman–Crippen LogP) is 2.11. The number of fused-ring (bicyclic) bond motifs is 1. The van der Waals surface area contributed by atoms with Gasteiger partial charge in [-0.25, -0.2) is 0 Å². The van der Waals surface area contributed by atoms with Crippen LogP contribution in [0.5, 0.6) is 5.75 Å². The van der Waals surface area contributed by atoms with Crippen molar-refractivity contribution in [3.8, 4) is 5.75 Å². The highest BCUT2D eigenvalue weighted by molar-refractivity contribution is 6.24. The quantitative estimate of drug-likeness (QED) is 0.428. The van der Waals surface area contributed by atoms with E-state index >= 15 is 0 Å². The van der Waals surface area contributed by atoms with Crippen molar-refractivity contribution in [3.05, 3.63) is 69.3 Å². The Bertz CT molecular complexity index is 994. The number of carbonyl (C=O) groups excluding carboxylic acids is 3. The van der Waals surface area contributed by atoms with Crippen molar-refractivity contribution in [2.75, 3.05) is 6.54 Å². The van der Waals surface area contributed by atoms with Crippen LogP contribution < -0.4 is 10.1 Å². The number of amides is 3. The summed E-state index contributed by atoms with van der Waals surface area (Å²) in [6, 6.07) is 9.20. The zero-order valence-corrected chi connectivity index (χ0v) is 14.6. The van der Waals surface area contributed by atoms with Gasteiger partial charge in [-0.1, -0.05) is 18.2 Å². The van der Waals surface area contributed by atoms with Crippen LogP contribution in [0.4, 0.5) is 14.5 Å². The number of carbonyl (C=O) groups is 3. The average Bonchev–Trinajstić information content (AvgIpc) is 2.92. The number of hydrogen-bond acceptors (Lipinski definition) is 6. The van der Waals surface area contributed by atoms with E-state index in [4.69, 9.17) is 0 Å². The fourth-order valence-electron chi connectivity index (χ4n) is 2.80. The van der Waals surface area contributed by atoms with Crippen LogP contribution in [0.2, 0.25) is 0 Å². The van der Waals surface area contributed by atoms with E-state index < -0.39 is 41.5 Å². The molecule has 1 heterocycles. The largest absolute Gasteiger partial charge is 0.435 e. The first-order chi connectivity index (χ1) is 13.8. The van der Waals surface area contributed by atoms with Crippen molar-refractivity contribution in [2.24, 2.45) is 0 Å². The summed E-state index contributed by atoms with van der Waals surface area (Å²) in [5.74, 6) is -2.42. The molecule has 0 bridgehead atoms. The Kier molecular flexibility index (Phi) is 5.48. The summed E-state index contributed by atoms with van der Waals surface area (Å²) in [5, 5.41) is 13.6. The average molecular weight is 405 g/mol. The third-order valence-corrected chi connectivity index (χ3v) is 4.11. The zero-order chi connectivity index (χ0) is 21.1. The minimum atomic E-state index is -2.95. The van der Waals surface area contributed by atoms with Crippen LogP contribution in [-0.2, 0) is 11.3 Å². The first kappa shape index (κ1) is 19.9. The van der Waals surface area contributed by atoms with E-state index in [1.165, 1.54) is 36.4 Å². The Morgan fingerprint density at radius 1 is 1.14 bits per heavy atom. The number of alkyl halides is 2. The van der Waals surface area contributed by atoms with Gasteiger partial charge in [0.1, 0.15) is 17.9 Å². The predicted molar refractivity (Wildman–Crippen MR) is 93.4 cm³/mol. The first-order valence-corrected chi connectivity index (χ1v) is 8.22. The van der Waals surface area contributed by atoms with Crippen LogP contribution in [0.15, 0.2) is 42.5 Å². The molecule has 3 rings (SSSR count). The summed E-state index contributed by atoms with van der Waals surface area (Å²) in [7, 11) is 0. The van der Waals surface area contributed by atoms with E-state index in [1.54, 1.807) is 0 Å². The van der Waals surface area contributed by atoms with Crippen molar-refractivity contribution in [2.45, 2.75) is 13.2 Å². The van der Waals surface area contributed by atoms with E-state index in [0.29, 0.717) is 10.5 Å². The van der Waals surface area contributed by atoms with Crippen LogP contribution in [0.3, 0.4) is 0 Å². The van der Waals surface area contributed by atoms with Gasteiger partial charge in [0.2, 0.25) is 5.91 Å². The third-order valence-electron chi connectivity index (χ3n) is 4.11. The maximum Gasteiger partial charge on any atom is 0.387 e. The standard InChI is InChI=1S/C18H13F2N3O6/c19-18(20)29-11-6-4-10(5-7-11)8-21-14(24)9-22-16(25)12-2-1-3-13(23(27)28)15(12)17(22)26/h1-7,18H,8-9H2,(H,21,24). The molecule has 9 nitrogen and oxygen atoms in total. The van der Waals surface area contributed by atoms with E-state index in [2.05, 4.69) is 10.1 Å². The number of benzene rings is 2. The van der Waals surface area contributed by atoms with Gasteiger partial charge >= 0.3 is 6.61 Å². The lowest BCUT2D eigenvalue weighted by Crippen LogP contribution is -2.40. The van der Waals surface area contributed by atoms with Gasteiger partial charge in [-0.2, -0.15) is 8.78 Å². The van der Waals surface area contributed by atoms with Gasteiger partial charge in [-0.3, -0.25) is 29.4 Å². The Labute approximate surface area is 162 Å². The van der Waals surface area contributed by atoms with E-state index in [-0.39, 0.29) is 23.4 Å². The Morgan fingerprint density at radius 2 is 1.83 bits per heavy atom. The number of nitrogens with zero attached hydrogens (tertiary/aromatic N) is 2. The number of nitrogens with one attached hydrogen (secondary N) is 1. The summed E-state index contributed by atoms with van der Waals surface area (Å²) in [5.41, 5.74) is -0.413. The van der Waals surface area contributed by atoms with E-state index in [0.717, 1.165) is 6.07 Å². The van der Waals surface area contributed by atoms with Gasteiger partial charge in [0.05, 0.1) is 10.5 Å². The third kappa shape index (κ3) is 4.18. The van der Waals surface area contributed by atoms with Gasteiger partial charge in [-0.05, 0) is 23.8 Å². The number of hydrogen-bond donors (Lipinski definition) is 1. The number of nitro groups is 1. The zero-order valence-electron chi connectivity index (χ0n) is 14.6. The monoisotopic (exact) mass is 405 g/mol. The molecule has 0 saturated heterocycles. The summed E-state index contributed by atoms with van der Waals surface area (Å²) < 4.78 is 28.5. The van der Waals surface area contributed by atoms with Crippen molar-refractivity contribution < 1.29 is 32.8 Å². The number of nitro benzene ring substituents is 1. The molecule has 0 spiro atoms. The van der Waals surface area contributed by atoms with Crippen molar-refractivity contribution in [1.82, 2.24) is 10.2 Å². The maximum atomic E-state index is 12.4. The van der Waals surface area contributed by atoms with E-state index in [1.807, 2.05) is 0 Å². The van der Waals surface area contributed by atoms with Crippen LogP contribution in [0, 0.1) is 10.1 Å². The molecule has 0 fully saturated rings. The normalized spacial score (nSPS) is 12.9. The summed E-state index contributed by atoms with van der Waals surface area (Å²) in [6.45, 7) is -3.55. The molecular formula is C18H13F2N3O6. The summed E-state index contributed by atoms with van der Waals surface area (Å²) in [6.07, 6.45) is 0. The van der Waals surface area contributed by atoms with Crippen LogP contribution >= 0.6 is 0 Å². The molecule has 0 saturated carbocycles. The topological polar surface area (TPSA) is 119 Å². The Hall–Kier alpha value is -3.89. The van der Waals surface area contributed by atoms with Crippen LogP contribution in [0.1, 0.15) is 26.3 Å². The number of halogens is 2. The molecule has 1 aliphatic heterocycles. The molecule has 2 aromatic rings. The highest BCUT2D eigenvalue weighted by Gasteiger charge is 2.41. The molecule has 1 N–H and O–H groups in total. The Balaban J connectivity index is 1.63. The molecule has 0 aliphatic carbocycles. The van der Waals surface area contributed by atoms with Gasteiger partial charge < -0.3 is 10.1 Å². The second-order valence-corrected chi connectivity index (χ2v) is 5.95. The summed E-state index contributed by atoms with van der Waals surface area (Å²) in [4.78, 5) is 47.8. The van der Waals surface area contributed by atoms with E-state index in [9.17, 15) is 33.3 Å². The molecule has 0 atom stereocenters. The maximum absolute atomic E-state index is 12.4. The SMILES string of the molecule is O=C(CN1C(=O)c2cccc([N+](=O)[O-])c2C1=O)NCc1ccc(OC(F)F)cc1. The highest BCUT2D eigenvalue weighted by atomic mass is 19.3. The molecule has 2 aromatic carbocycles. The second-order valence-electron chi connectivity index (χ2n) is 5.95. The van der Waals surface area contributed by atoms with Crippen molar-refractivity contribution in [3.63, 3.8) is 0 Å². The lowest BCUT2D eigenvalue weighted by Gasteiger charge is -2.13. The lowest BCUT2D eigenvalue weighted by atomic mass is 10.1. The number of imide groups is 1. The Morgan fingerprint density at radius 3 is 2.45 bits per heavy atom. The van der Waals surface area contributed by atoms with Gasteiger partial charge in [-0.15, -0.1) is 0 Å². The van der Waals surface area contributed by atoms with Crippen LogP contribution in [-0.4, -0.2) is 40.7 Å². The molecule has 1 aliphatic rings. The van der Waals surface area contributed by atoms with Crippen LogP contribution in [0.25, 0.3) is 0 Å². The fraction of sp³-hybridized carbons (Fsp3) is 0.167. The molecule has 150 valence electrons. The van der Waals surface area contributed by atoms with Gasteiger partial charge in [0, 0.05) is 12.6 Å². The first-order valence-electron chi connectivity index (χ1n) is 8.22. The second kappa shape index (κ2) is 8.00. The molecule has 0 unspecified atom stereocenters. The molecule has 0 aromatic heterocycles. The molecule has 3 amide bonds. The molecular weight excluding hydrogens is 392 g/mol. The van der Waals surface area contributed by atoms with Crippen molar-refractivity contribution in [1.29, 1.82) is 0 Å². The highest BCUT2D eigenvalue weighted by Crippen LogP contribution is 2.30. The smallest absolute Gasteiger partial charge is 0.387 e. The fourth-order valence-corrected chi connectivity index (χ4v) is 2.80. The minimum absolute atomic E-state index is 0.0110. The lowest BCUT2D eigenvalue weighted by molar-refractivity contribution is -0.385. The minimum Gasteiger partial charge on any atom is -0.435 e. The molecule has 29 heavy (non-hydrogen) atoms.